The Morgan fingerprint density at radius 2 is 2.27 bits per heavy atom. The largest absolute Gasteiger partial charge is 0.385 e. The van der Waals surface area contributed by atoms with Gasteiger partial charge in [0.2, 0.25) is 5.91 Å². The van der Waals surface area contributed by atoms with Gasteiger partial charge in [-0.1, -0.05) is 0 Å². The fraction of sp³-hybridized carbons (Fsp3) is 0.909. The molecule has 0 aliphatic heterocycles. The first-order valence-corrected chi connectivity index (χ1v) is 5.70. The average molecular weight is 214 g/mol. The summed E-state index contributed by atoms with van der Waals surface area (Å²) in [5, 5.41) is 2.96. The monoisotopic (exact) mass is 214 g/mol. The van der Waals surface area contributed by atoms with Crippen LogP contribution in [-0.4, -0.2) is 31.7 Å². The molecule has 1 aliphatic carbocycles. The molecule has 0 bridgehead atoms. The number of ether oxygens (including phenoxy) is 1. The van der Waals surface area contributed by atoms with E-state index in [1.807, 2.05) is 0 Å². The van der Waals surface area contributed by atoms with Gasteiger partial charge in [-0.3, -0.25) is 4.79 Å². The molecule has 1 aliphatic rings. The topological polar surface area (TPSA) is 64.3 Å². The van der Waals surface area contributed by atoms with Gasteiger partial charge in [0.05, 0.1) is 6.04 Å². The minimum absolute atomic E-state index is 0.0227. The van der Waals surface area contributed by atoms with Crippen LogP contribution in [0.3, 0.4) is 0 Å². The predicted octanol–water partition coefficient (Wildman–Crippen LogP) is 0.655. The first kappa shape index (κ1) is 12.5. The standard InChI is InChI=1S/C11H22N2O2/c1-8(9-5-6-9)13-11(14)10(12)4-3-7-15-2/h8-10H,3-7,12H2,1-2H3,(H,13,14). The van der Waals surface area contributed by atoms with E-state index in [0.29, 0.717) is 18.9 Å². The number of hydrogen-bond acceptors (Lipinski definition) is 3. The molecule has 0 saturated heterocycles. The van der Waals surface area contributed by atoms with Crippen LogP contribution in [0.4, 0.5) is 0 Å². The molecular formula is C11H22N2O2. The third-order valence-electron chi connectivity index (χ3n) is 2.90. The Kier molecular flexibility index (Phi) is 5.05. The number of carbonyl (C=O) groups excluding carboxylic acids is 1. The molecule has 0 radical (unpaired) electrons. The number of nitrogens with one attached hydrogen (secondary N) is 1. The van der Waals surface area contributed by atoms with Crippen molar-refractivity contribution in [3.8, 4) is 0 Å². The van der Waals surface area contributed by atoms with Gasteiger partial charge in [-0.2, -0.15) is 0 Å². The highest BCUT2D eigenvalue weighted by molar-refractivity contribution is 5.81. The van der Waals surface area contributed by atoms with Gasteiger partial charge < -0.3 is 15.8 Å². The second-order valence-electron chi connectivity index (χ2n) is 4.38. The lowest BCUT2D eigenvalue weighted by Gasteiger charge is -2.16. The van der Waals surface area contributed by atoms with E-state index >= 15 is 0 Å². The van der Waals surface area contributed by atoms with Gasteiger partial charge >= 0.3 is 0 Å². The molecular weight excluding hydrogens is 192 g/mol. The zero-order valence-electron chi connectivity index (χ0n) is 9.66. The second kappa shape index (κ2) is 6.08. The van der Waals surface area contributed by atoms with Gasteiger partial charge in [-0.25, -0.2) is 0 Å². The molecule has 15 heavy (non-hydrogen) atoms. The Hall–Kier alpha value is -0.610. The van der Waals surface area contributed by atoms with E-state index in [-0.39, 0.29) is 18.0 Å². The highest BCUT2D eigenvalue weighted by Crippen LogP contribution is 2.32. The van der Waals surface area contributed by atoms with Crippen LogP contribution in [0.15, 0.2) is 0 Å². The third-order valence-corrected chi connectivity index (χ3v) is 2.90. The summed E-state index contributed by atoms with van der Waals surface area (Å²) in [5.41, 5.74) is 5.76. The number of nitrogens with two attached hydrogens (primary N) is 1. The lowest BCUT2D eigenvalue weighted by atomic mass is 10.1. The van der Waals surface area contributed by atoms with Crippen molar-refractivity contribution in [2.75, 3.05) is 13.7 Å². The van der Waals surface area contributed by atoms with Crippen LogP contribution in [0, 0.1) is 5.92 Å². The van der Waals surface area contributed by atoms with E-state index in [1.165, 1.54) is 12.8 Å². The Balaban J connectivity index is 2.13. The Morgan fingerprint density at radius 3 is 2.80 bits per heavy atom. The second-order valence-corrected chi connectivity index (χ2v) is 4.38. The van der Waals surface area contributed by atoms with Crippen molar-refractivity contribution in [3.63, 3.8) is 0 Å². The zero-order chi connectivity index (χ0) is 11.3. The molecule has 1 fully saturated rings. The summed E-state index contributed by atoms with van der Waals surface area (Å²) < 4.78 is 4.91. The van der Waals surface area contributed by atoms with Gasteiger partial charge in [0.25, 0.3) is 0 Å². The fourth-order valence-corrected chi connectivity index (χ4v) is 1.62. The van der Waals surface area contributed by atoms with Crippen molar-refractivity contribution in [1.29, 1.82) is 0 Å². The summed E-state index contributed by atoms with van der Waals surface area (Å²) in [6.45, 7) is 2.72. The smallest absolute Gasteiger partial charge is 0.237 e. The van der Waals surface area contributed by atoms with Crippen LogP contribution in [0.5, 0.6) is 0 Å². The van der Waals surface area contributed by atoms with Crippen LogP contribution in [0.1, 0.15) is 32.6 Å². The molecule has 88 valence electrons. The molecule has 1 rings (SSSR count). The van der Waals surface area contributed by atoms with E-state index in [4.69, 9.17) is 10.5 Å². The highest BCUT2D eigenvalue weighted by Gasteiger charge is 2.29. The first-order chi connectivity index (χ1) is 7.15. The Bertz CT molecular complexity index is 205. The molecule has 4 heteroatoms. The number of carbonyl (C=O) groups is 1. The number of rotatable bonds is 7. The molecule has 0 aromatic carbocycles. The van der Waals surface area contributed by atoms with Crippen molar-refractivity contribution in [3.05, 3.63) is 0 Å². The first-order valence-electron chi connectivity index (χ1n) is 5.70. The van der Waals surface area contributed by atoms with Crippen molar-refractivity contribution >= 4 is 5.91 Å². The van der Waals surface area contributed by atoms with Gasteiger partial charge in [0, 0.05) is 19.8 Å². The lowest BCUT2D eigenvalue weighted by molar-refractivity contribution is -0.123. The summed E-state index contributed by atoms with van der Waals surface area (Å²) in [6, 6.07) is -0.104. The van der Waals surface area contributed by atoms with Crippen molar-refractivity contribution in [2.24, 2.45) is 11.7 Å². The van der Waals surface area contributed by atoms with Crippen LogP contribution >= 0.6 is 0 Å². The summed E-state index contributed by atoms with van der Waals surface area (Å²) >= 11 is 0. The van der Waals surface area contributed by atoms with E-state index in [1.54, 1.807) is 7.11 Å². The van der Waals surface area contributed by atoms with Crippen LogP contribution in [0.2, 0.25) is 0 Å². The van der Waals surface area contributed by atoms with Crippen LogP contribution in [-0.2, 0) is 9.53 Å². The normalized spacial score (nSPS) is 19.7. The molecule has 0 aromatic rings. The predicted molar refractivity (Wildman–Crippen MR) is 59.4 cm³/mol. The van der Waals surface area contributed by atoms with Crippen molar-refractivity contribution in [1.82, 2.24) is 5.32 Å². The maximum atomic E-state index is 11.6. The van der Waals surface area contributed by atoms with Gasteiger partial charge in [-0.05, 0) is 38.5 Å². The molecule has 4 nitrogen and oxygen atoms in total. The maximum absolute atomic E-state index is 11.6. The summed E-state index contributed by atoms with van der Waals surface area (Å²) in [7, 11) is 1.65. The fourth-order valence-electron chi connectivity index (χ4n) is 1.62. The third kappa shape index (κ3) is 4.62. The number of amides is 1. The Labute approximate surface area is 91.5 Å². The summed E-state index contributed by atoms with van der Waals surface area (Å²) in [5.74, 6) is 0.658. The lowest BCUT2D eigenvalue weighted by Crippen LogP contribution is -2.45. The maximum Gasteiger partial charge on any atom is 0.237 e. The molecule has 2 atom stereocenters. The molecule has 1 saturated carbocycles. The molecule has 0 aromatic heterocycles. The van der Waals surface area contributed by atoms with Gasteiger partial charge in [0.1, 0.15) is 0 Å². The SMILES string of the molecule is COCCCC(N)C(=O)NC(C)C1CC1. The van der Waals surface area contributed by atoms with Crippen LogP contribution < -0.4 is 11.1 Å². The van der Waals surface area contributed by atoms with Crippen LogP contribution in [0.25, 0.3) is 0 Å². The van der Waals surface area contributed by atoms with Gasteiger partial charge in [-0.15, -0.1) is 0 Å². The van der Waals surface area contributed by atoms with Crippen molar-refractivity contribution < 1.29 is 9.53 Å². The number of hydrogen-bond donors (Lipinski definition) is 2. The van der Waals surface area contributed by atoms with E-state index < -0.39 is 0 Å². The molecule has 0 heterocycles. The molecule has 0 spiro atoms. The molecule has 2 unspecified atom stereocenters. The number of methoxy groups -OCH3 is 1. The zero-order valence-corrected chi connectivity index (χ0v) is 9.66. The molecule has 3 N–H and O–H groups in total. The van der Waals surface area contributed by atoms with E-state index in [2.05, 4.69) is 12.2 Å². The summed E-state index contributed by atoms with van der Waals surface area (Å²) in [4.78, 5) is 11.6. The highest BCUT2D eigenvalue weighted by atomic mass is 16.5. The minimum Gasteiger partial charge on any atom is -0.385 e. The van der Waals surface area contributed by atoms with Gasteiger partial charge in [0.15, 0.2) is 0 Å². The quantitative estimate of drug-likeness (QED) is 0.612. The average Bonchev–Trinajstić information content (AvgIpc) is 3.00. The van der Waals surface area contributed by atoms with Crippen molar-refractivity contribution in [2.45, 2.75) is 44.7 Å². The minimum atomic E-state index is -0.388. The van der Waals surface area contributed by atoms with E-state index in [9.17, 15) is 4.79 Å². The summed E-state index contributed by atoms with van der Waals surface area (Å²) in [6.07, 6.45) is 4.00. The Morgan fingerprint density at radius 1 is 1.60 bits per heavy atom. The molecule has 1 amide bonds. The van der Waals surface area contributed by atoms with E-state index in [0.717, 1.165) is 6.42 Å².